The maximum atomic E-state index is 8.52. The van der Waals surface area contributed by atoms with Crippen LogP contribution < -0.4 is 103 Å². The number of hydrogen-bond acceptors (Lipinski definition) is 8. The summed E-state index contributed by atoms with van der Waals surface area (Å²) in [7, 11) is -10.3. The molecular formula is Cu2K2O8S2. The minimum Gasteiger partial charge on any atom is -0.759 e. The molecule has 0 amide bonds. The fourth-order valence-electron chi connectivity index (χ4n) is 0. The third kappa shape index (κ3) is 222. The smallest absolute Gasteiger partial charge is 0.759 e. The second-order valence-electron chi connectivity index (χ2n) is 0.816. The van der Waals surface area contributed by atoms with Gasteiger partial charge >= 0.3 is 137 Å². The van der Waals surface area contributed by atoms with Crippen LogP contribution in [0.3, 0.4) is 0 Å². The average molecular weight is 397 g/mol. The standard InChI is InChI=1S/2Cu.2K.2H2O4S/c;;;;2*1-5(2,3)4/h;;;;2*(H2,1,2,3,4)/q4*+1;;/p-4. The summed E-state index contributed by atoms with van der Waals surface area (Å²) in [5, 5.41) is 0. The number of hydrogen-bond donors (Lipinski definition) is 0. The molecular weight excluding hydrogens is 397 g/mol. The summed E-state index contributed by atoms with van der Waals surface area (Å²) in [6.07, 6.45) is 0. The second kappa shape index (κ2) is 17.1. The van der Waals surface area contributed by atoms with Crippen molar-refractivity contribution in [3.05, 3.63) is 0 Å². The molecule has 0 aromatic heterocycles. The first-order chi connectivity index (χ1) is 4.00. The molecule has 0 heterocycles. The molecule has 0 saturated carbocycles. The average Bonchev–Trinajstić information content (AvgIpc) is 1.12. The van der Waals surface area contributed by atoms with E-state index < -0.39 is 20.8 Å². The van der Waals surface area contributed by atoms with Gasteiger partial charge in [0.05, 0.1) is 0 Å². The molecule has 0 rings (SSSR count). The van der Waals surface area contributed by atoms with Gasteiger partial charge in [0.2, 0.25) is 0 Å². The fraction of sp³-hybridized carbons (Fsp3) is 0. The minimum absolute atomic E-state index is 0. The van der Waals surface area contributed by atoms with E-state index in [0.29, 0.717) is 0 Å². The van der Waals surface area contributed by atoms with Crippen LogP contribution in [0, 0.1) is 0 Å². The Labute approximate surface area is 188 Å². The maximum Gasteiger partial charge on any atom is 1.00 e. The summed E-state index contributed by atoms with van der Waals surface area (Å²) in [6, 6.07) is 0. The first-order valence-corrected chi connectivity index (χ1v) is 4.00. The van der Waals surface area contributed by atoms with Crippen molar-refractivity contribution in [3.8, 4) is 0 Å². The van der Waals surface area contributed by atoms with Crippen LogP contribution in [0.15, 0.2) is 0 Å². The molecule has 0 aromatic carbocycles. The molecule has 14 heavy (non-hydrogen) atoms. The van der Waals surface area contributed by atoms with E-state index in [1.807, 2.05) is 0 Å². The molecule has 14 heteroatoms. The molecule has 0 N–H and O–H groups in total. The van der Waals surface area contributed by atoms with Gasteiger partial charge in [-0.25, -0.2) is 0 Å². The van der Waals surface area contributed by atoms with Crippen molar-refractivity contribution in [1.82, 2.24) is 0 Å². The van der Waals surface area contributed by atoms with Crippen molar-refractivity contribution in [2.45, 2.75) is 0 Å². The second-order valence-corrected chi connectivity index (χ2v) is 2.45. The van der Waals surface area contributed by atoms with Crippen LogP contribution in [0.2, 0.25) is 0 Å². The predicted molar refractivity (Wildman–Crippen MR) is 20.9 cm³/mol. The first-order valence-electron chi connectivity index (χ1n) is 1.33. The molecule has 0 atom stereocenters. The van der Waals surface area contributed by atoms with E-state index in [1.165, 1.54) is 0 Å². The molecule has 84 valence electrons. The summed E-state index contributed by atoms with van der Waals surface area (Å²) in [5.74, 6) is 0. The van der Waals surface area contributed by atoms with Crippen LogP contribution in [0.1, 0.15) is 0 Å². The topological polar surface area (TPSA) is 161 Å². The van der Waals surface area contributed by atoms with Crippen molar-refractivity contribution in [3.63, 3.8) is 0 Å². The van der Waals surface area contributed by atoms with Gasteiger partial charge in [-0.15, -0.1) is 0 Å². The van der Waals surface area contributed by atoms with Crippen molar-refractivity contribution >= 4 is 20.8 Å². The Balaban J connectivity index is -0.0000000178. The van der Waals surface area contributed by atoms with Crippen LogP contribution >= 0.6 is 0 Å². The molecule has 0 fully saturated rings. The normalized spacial score (nSPS) is 8.29. The van der Waals surface area contributed by atoms with Crippen molar-refractivity contribution in [2.75, 3.05) is 0 Å². The van der Waals surface area contributed by atoms with Crippen LogP contribution in [-0.4, -0.2) is 35.0 Å². The molecule has 0 saturated heterocycles. The van der Waals surface area contributed by atoms with E-state index in [1.54, 1.807) is 0 Å². The summed E-state index contributed by atoms with van der Waals surface area (Å²) in [5.41, 5.74) is 0. The Morgan fingerprint density at radius 1 is 0.571 bits per heavy atom. The summed E-state index contributed by atoms with van der Waals surface area (Å²) < 4.78 is 68.2. The van der Waals surface area contributed by atoms with Crippen molar-refractivity contribution in [1.29, 1.82) is 0 Å². The van der Waals surface area contributed by atoms with E-state index in [4.69, 9.17) is 35.0 Å². The number of rotatable bonds is 0. The van der Waals surface area contributed by atoms with Gasteiger partial charge in [-0.1, -0.05) is 0 Å². The molecule has 0 spiro atoms. The van der Waals surface area contributed by atoms with Gasteiger partial charge in [-0.3, -0.25) is 16.8 Å². The molecule has 0 unspecified atom stereocenters. The summed E-state index contributed by atoms with van der Waals surface area (Å²) in [4.78, 5) is 0. The Hall–Kier alpha value is 4.05. The third-order valence-corrected chi connectivity index (χ3v) is 0. The quantitative estimate of drug-likeness (QED) is 0.221. The van der Waals surface area contributed by atoms with Crippen LogP contribution in [0.25, 0.3) is 0 Å². The zero-order chi connectivity index (χ0) is 9.00. The van der Waals surface area contributed by atoms with E-state index in [0.717, 1.165) is 0 Å². The molecule has 8 nitrogen and oxygen atoms in total. The summed E-state index contributed by atoms with van der Waals surface area (Å²) >= 11 is 0. The minimum atomic E-state index is -5.17. The maximum absolute atomic E-state index is 8.52. The zero-order valence-corrected chi connectivity index (χ0v) is 16.4. The largest absolute Gasteiger partial charge is 1.00 e. The van der Waals surface area contributed by atoms with E-state index in [-0.39, 0.29) is 137 Å². The SMILES string of the molecule is O=S(=O)([O-])[O-].O=S(=O)([O-])[O-].[Cu+].[Cu+].[K+].[K+]. The molecule has 0 bridgehead atoms. The Morgan fingerprint density at radius 2 is 0.571 bits per heavy atom. The molecule has 0 aliphatic heterocycles. The van der Waals surface area contributed by atoms with E-state index >= 15 is 0 Å². The van der Waals surface area contributed by atoms with Gasteiger partial charge in [-0.05, 0) is 0 Å². The Kier molecular flexibility index (Phi) is 44.0. The Bertz CT molecular complexity index is 220. The predicted octanol–water partition coefficient (Wildman–Crippen LogP) is -8.67. The zero-order valence-electron chi connectivity index (χ0n) is 6.69. The van der Waals surface area contributed by atoms with Gasteiger partial charge in [0, 0.05) is 20.8 Å². The van der Waals surface area contributed by atoms with Crippen molar-refractivity contribution in [2.24, 2.45) is 0 Å². The van der Waals surface area contributed by atoms with E-state index in [2.05, 4.69) is 0 Å². The monoisotopic (exact) mass is 396 g/mol. The van der Waals surface area contributed by atoms with Crippen LogP contribution in [-0.2, 0) is 54.9 Å². The molecule has 0 aliphatic carbocycles. The van der Waals surface area contributed by atoms with Gasteiger partial charge in [-0.2, -0.15) is 0 Å². The van der Waals surface area contributed by atoms with Crippen molar-refractivity contribution < 1.29 is 172 Å². The van der Waals surface area contributed by atoms with Gasteiger partial charge in [0.25, 0.3) is 0 Å². The molecule has 0 radical (unpaired) electrons. The summed E-state index contributed by atoms with van der Waals surface area (Å²) in [6.45, 7) is 0. The Morgan fingerprint density at radius 3 is 0.571 bits per heavy atom. The van der Waals surface area contributed by atoms with Gasteiger partial charge in [0.1, 0.15) is 0 Å². The van der Waals surface area contributed by atoms with Crippen LogP contribution in [0.4, 0.5) is 0 Å². The molecule has 0 aromatic rings. The van der Waals surface area contributed by atoms with Gasteiger partial charge < -0.3 is 18.2 Å². The first kappa shape index (κ1) is 36.1. The van der Waals surface area contributed by atoms with E-state index in [9.17, 15) is 0 Å². The van der Waals surface area contributed by atoms with Gasteiger partial charge in [0.15, 0.2) is 0 Å². The fourth-order valence-corrected chi connectivity index (χ4v) is 0. The third-order valence-electron chi connectivity index (χ3n) is 0. The van der Waals surface area contributed by atoms with Crippen LogP contribution in [0.5, 0.6) is 0 Å². The molecule has 0 aliphatic rings.